The first kappa shape index (κ1) is 32.1. The lowest BCUT2D eigenvalue weighted by Gasteiger charge is -2.37. The van der Waals surface area contributed by atoms with E-state index in [2.05, 4.69) is 36.4 Å². The van der Waals surface area contributed by atoms with Gasteiger partial charge < -0.3 is 15.0 Å². The number of nitrogens with one attached hydrogen (secondary N) is 1. The van der Waals surface area contributed by atoms with E-state index in [4.69, 9.17) is 39.5 Å². The van der Waals surface area contributed by atoms with Gasteiger partial charge in [0.1, 0.15) is 11.5 Å². The predicted octanol–water partition coefficient (Wildman–Crippen LogP) is 5.90. The molecule has 39 heavy (non-hydrogen) atoms. The molecule has 11 heteroatoms. The summed E-state index contributed by atoms with van der Waals surface area (Å²) in [6.45, 7) is 0.657. The van der Waals surface area contributed by atoms with Crippen molar-refractivity contribution in [1.82, 2.24) is 14.5 Å². The van der Waals surface area contributed by atoms with Gasteiger partial charge in [0.25, 0.3) is 0 Å². The highest BCUT2D eigenvalue weighted by Gasteiger charge is 2.30. The van der Waals surface area contributed by atoms with Crippen LogP contribution in [0.3, 0.4) is 0 Å². The van der Waals surface area contributed by atoms with Crippen LogP contribution in [0.5, 0.6) is 0 Å². The average Bonchev–Trinajstić information content (AvgIpc) is 2.88. The number of carbonyl (C=O) groups is 1. The smallest absolute Gasteiger partial charge is 0.245 e. The zero-order valence-corrected chi connectivity index (χ0v) is 25.8. The number of sulfonamides is 1. The normalized spacial score (nSPS) is 18.9. The van der Waals surface area contributed by atoms with Crippen LogP contribution in [-0.4, -0.2) is 71.0 Å². The van der Waals surface area contributed by atoms with Crippen LogP contribution in [0.2, 0.25) is 15.1 Å². The minimum Gasteiger partial charge on any atom is -0.370 e. The van der Waals surface area contributed by atoms with Crippen LogP contribution in [-0.2, 0) is 19.6 Å². The number of rotatable bonds is 13. The molecule has 1 saturated carbocycles. The van der Waals surface area contributed by atoms with Crippen molar-refractivity contribution >= 4 is 50.7 Å². The number of halogens is 3. The fraction of sp³-hybridized carbons (Fsp3) is 0.536. The van der Waals surface area contributed by atoms with Crippen molar-refractivity contribution in [3.8, 4) is 0 Å². The summed E-state index contributed by atoms with van der Waals surface area (Å²) in [4.78, 5) is 14.5. The highest BCUT2D eigenvalue weighted by molar-refractivity contribution is 7.89. The van der Waals surface area contributed by atoms with Gasteiger partial charge in [0.2, 0.25) is 15.9 Å². The molecule has 0 heterocycles. The van der Waals surface area contributed by atoms with Crippen molar-refractivity contribution in [3.63, 3.8) is 0 Å². The van der Waals surface area contributed by atoms with E-state index in [1.807, 2.05) is 12.1 Å². The molecule has 0 aliphatic heterocycles. The van der Waals surface area contributed by atoms with E-state index < -0.39 is 10.0 Å². The molecule has 1 aliphatic rings. The second-order valence-corrected chi connectivity index (χ2v) is 13.6. The van der Waals surface area contributed by atoms with Crippen molar-refractivity contribution in [2.24, 2.45) is 11.8 Å². The highest BCUT2D eigenvalue weighted by atomic mass is 35.5. The lowest BCUT2D eigenvalue weighted by atomic mass is 9.75. The zero-order chi connectivity index (χ0) is 28.6. The molecule has 7 nitrogen and oxygen atoms in total. The van der Waals surface area contributed by atoms with Crippen LogP contribution in [0.25, 0.3) is 0 Å². The third-order valence-corrected chi connectivity index (χ3v) is 10.2. The van der Waals surface area contributed by atoms with Crippen molar-refractivity contribution in [3.05, 3.63) is 63.1 Å². The van der Waals surface area contributed by atoms with Crippen LogP contribution >= 0.6 is 34.8 Å². The molecule has 1 atom stereocenters. The monoisotopic (exact) mass is 617 g/mol. The Kier molecular flexibility index (Phi) is 12.4. The van der Waals surface area contributed by atoms with E-state index in [-0.39, 0.29) is 35.6 Å². The molecular weight excluding hydrogens is 581 g/mol. The largest absolute Gasteiger partial charge is 0.370 e. The number of hydrogen-bond donors (Lipinski definition) is 1. The fourth-order valence-electron chi connectivity index (χ4n) is 5.24. The number of nitrogens with zero attached hydrogens (tertiary/aromatic N) is 2. The summed E-state index contributed by atoms with van der Waals surface area (Å²) >= 11 is 18.0. The number of benzene rings is 2. The summed E-state index contributed by atoms with van der Waals surface area (Å²) in [5.74, 6) is 0.984. The molecule has 216 valence electrons. The van der Waals surface area contributed by atoms with Crippen molar-refractivity contribution in [1.29, 1.82) is 0 Å². The number of likely N-dealkylation sites (N-methyl/N-ethyl adjacent to an activating group) is 1. The molecule has 1 fully saturated rings. The molecular formula is C28H38Cl3N3O4S. The molecule has 2 aromatic rings. The van der Waals surface area contributed by atoms with Gasteiger partial charge >= 0.3 is 0 Å². The van der Waals surface area contributed by atoms with Gasteiger partial charge in [0.15, 0.2) is 0 Å². The Hall–Kier alpha value is -1.39. The van der Waals surface area contributed by atoms with Gasteiger partial charge in [-0.05, 0) is 81.1 Å². The molecule has 2 aromatic carbocycles. The molecule has 1 aliphatic carbocycles. The van der Waals surface area contributed by atoms with E-state index in [1.165, 1.54) is 30.8 Å². The maximum atomic E-state index is 12.7. The Bertz CT molecular complexity index is 1190. The van der Waals surface area contributed by atoms with Crippen LogP contribution in [0.4, 0.5) is 0 Å². The van der Waals surface area contributed by atoms with E-state index in [1.54, 1.807) is 0 Å². The van der Waals surface area contributed by atoms with Crippen LogP contribution in [0.15, 0.2) is 47.4 Å². The van der Waals surface area contributed by atoms with Crippen molar-refractivity contribution in [2.45, 2.75) is 43.0 Å². The van der Waals surface area contributed by atoms with Gasteiger partial charge in [-0.3, -0.25) is 4.79 Å². The minimum absolute atomic E-state index is 0.0231. The Morgan fingerprint density at radius 2 is 1.64 bits per heavy atom. The molecule has 3 rings (SSSR count). The van der Waals surface area contributed by atoms with E-state index in [0.29, 0.717) is 29.4 Å². The standard InChI is InChI=1S/C28H38Cl3N3O4S/c1-33(2)28(22-8-10-23(29)11-9-22)21-6-4-20(5-7-21)14-15-32-27(35)19-38-17-16-34(3)39(36,37)26-13-12-24(30)18-25(26)31/h8-13,18,20-21,28H,4-7,14-17,19H2,1-3H3,(H,32,35). The van der Waals surface area contributed by atoms with E-state index in [0.717, 1.165) is 41.4 Å². The van der Waals surface area contributed by atoms with Crippen molar-refractivity contribution in [2.75, 3.05) is 47.4 Å². The summed E-state index contributed by atoms with van der Waals surface area (Å²) in [7, 11) is 1.92. The first-order valence-corrected chi connectivity index (χ1v) is 15.7. The summed E-state index contributed by atoms with van der Waals surface area (Å²) in [6, 6.07) is 12.8. The second-order valence-electron chi connectivity index (χ2n) is 10.3. The zero-order valence-electron chi connectivity index (χ0n) is 22.7. The number of amides is 1. The van der Waals surface area contributed by atoms with Gasteiger partial charge in [-0.1, -0.05) is 59.8 Å². The third kappa shape index (κ3) is 9.32. The van der Waals surface area contributed by atoms with Gasteiger partial charge in [-0.15, -0.1) is 0 Å². The molecule has 1 unspecified atom stereocenters. The third-order valence-electron chi connectivity index (χ3n) is 7.35. The number of ether oxygens (including phenoxy) is 1. The Morgan fingerprint density at radius 3 is 2.26 bits per heavy atom. The molecule has 0 saturated heterocycles. The van der Waals surface area contributed by atoms with Gasteiger partial charge in [-0.2, -0.15) is 4.31 Å². The molecule has 1 N–H and O–H groups in total. The molecule has 0 bridgehead atoms. The van der Waals surface area contributed by atoms with Crippen LogP contribution < -0.4 is 5.32 Å². The molecule has 1 amide bonds. The maximum Gasteiger partial charge on any atom is 0.245 e. The van der Waals surface area contributed by atoms with Crippen LogP contribution in [0.1, 0.15) is 43.7 Å². The Morgan fingerprint density at radius 1 is 1.00 bits per heavy atom. The summed E-state index contributed by atoms with van der Waals surface area (Å²) in [5, 5.41) is 4.10. The SMILES string of the molecule is CN(C)C(c1ccc(Cl)cc1)C1CCC(CCNC(=O)COCCN(C)S(=O)(=O)c2ccc(Cl)cc2Cl)CC1. The highest BCUT2D eigenvalue weighted by Crippen LogP contribution is 2.40. The first-order valence-electron chi connectivity index (χ1n) is 13.2. The number of carbonyl (C=O) groups excluding carboxylic acids is 1. The summed E-state index contributed by atoms with van der Waals surface area (Å²) in [5.41, 5.74) is 1.30. The predicted molar refractivity (Wildman–Crippen MR) is 158 cm³/mol. The topological polar surface area (TPSA) is 79.0 Å². The van der Waals surface area contributed by atoms with Gasteiger partial charge in [0, 0.05) is 36.2 Å². The van der Waals surface area contributed by atoms with Crippen molar-refractivity contribution < 1.29 is 17.9 Å². The lowest BCUT2D eigenvalue weighted by molar-refractivity contribution is -0.125. The minimum atomic E-state index is -3.79. The second kappa shape index (κ2) is 15.0. The fourth-order valence-corrected chi connectivity index (χ4v) is 7.26. The molecule has 0 aromatic heterocycles. The molecule has 0 radical (unpaired) electrons. The summed E-state index contributed by atoms with van der Waals surface area (Å²) in [6.07, 6.45) is 5.55. The van der Waals surface area contributed by atoms with E-state index >= 15 is 0 Å². The number of hydrogen-bond acceptors (Lipinski definition) is 5. The first-order chi connectivity index (χ1) is 18.5. The summed E-state index contributed by atoms with van der Waals surface area (Å²) < 4.78 is 32.0. The maximum absolute atomic E-state index is 12.7. The Balaban J connectivity index is 1.33. The average molecular weight is 619 g/mol. The van der Waals surface area contributed by atoms with Crippen LogP contribution in [0, 0.1) is 11.8 Å². The van der Waals surface area contributed by atoms with Gasteiger partial charge in [-0.25, -0.2) is 8.42 Å². The molecule has 0 spiro atoms. The quantitative estimate of drug-likeness (QED) is 0.283. The van der Waals surface area contributed by atoms with Gasteiger partial charge in [0.05, 0.1) is 11.6 Å². The Labute approximate surface area is 247 Å². The lowest BCUT2D eigenvalue weighted by Crippen LogP contribution is -2.34. The van der Waals surface area contributed by atoms with E-state index in [9.17, 15) is 13.2 Å².